The molecule has 16 heavy (non-hydrogen) atoms. The molecule has 0 radical (unpaired) electrons. The Morgan fingerprint density at radius 3 is 2.56 bits per heavy atom. The van der Waals surface area contributed by atoms with Gasteiger partial charge in [0.25, 0.3) is 0 Å². The van der Waals surface area contributed by atoms with Gasteiger partial charge >= 0.3 is 0 Å². The highest BCUT2D eigenvalue weighted by Crippen LogP contribution is 2.49. The van der Waals surface area contributed by atoms with Gasteiger partial charge in [-0.2, -0.15) is 0 Å². The summed E-state index contributed by atoms with van der Waals surface area (Å²) in [6.07, 6.45) is 9.69. The molecule has 2 aliphatic rings. The van der Waals surface area contributed by atoms with Crippen molar-refractivity contribution in [2.45, 2.75) is 32.6 Å². The van der Waals surface area contributed by atoms with Crippen molar-refractivity contribution in [1.29, 1.82) is 0 Å². The maximum Gasteiger partial charge on any atom is 0.0400 e. The first-order chi connectivity index (χ1) is 7.84. The molecule has 2 nitrogen and oxygen atoms in total. The van der Waals surface area contributed by atoms with E-state index in [9.17, 15) is 0 Å². The first kappa shape index (κ1) is 10.1. The Morgan fingerprint density at radius 1 is 1.31 bits per heavy atom. The van der Waals surface area contributed by atoms with Crippen molar-refractivity contribution in [3.63, 3.8) is 0 Å². The van der Waals surface area contributed by atoms with Gasteiger partial charge in [0.2, 0.25) is 0 Å². The Labute approximate surface area is 97.5 Å². The summed E-state index contributed by atoms with van der Waals surface area (Å²) in [5.41, 5.74) is 2.52. The van der Waals surface area contributed by atoms with Crippen LogP contribution in [0.15, 0.2) is 18.5 Å². The van der Waals surface area contributed by atoms with Crippen LogP contribution in [0.3, 0.4) is 0 Å². The smallest absolute Gasteiger partial charge is 0.0400 e. The first-order valence-corrected chi connectivity index (χ1v) is 6.49. The lowest BCUT2D eigenvalue weighted by Crippen LogP contribution is -2.18. The summed E-state index contributed by atoms with van der Waals surface area (Å²) in [4.78, 5) is 4.13. The van der Waals surface area contributed by atoms with E-state index in [1.807, 2.05) is 12.4 Å². The van der Waals surface area contributed by atoms with E-state index < -0.39 is 0 Å². The minimum atomic E-state index is 0.938. The molecule has 0 amide bonds. The number of anilines is 1. The summed E-state index contributed by atoms with van der Waals surface area (Å²) in [6.45, 7) is 3.29. The predicted octanol–water partition coefficient (Wildman–Crippen LogP) is 3.24. The summed E-state index contributed by atoms with van der Waals surface area (Å²) in [7, 11) is 0. The van der Waals surface area contributed by atoms with Gasteiger partial charge in [0.15, 0.2) is 0 Å². The molecule has 2 saturated carbocycles. The molecule has 1 aromatic heterocycles. The number of nitrogens with one attached hydrogen (secondary N) is 1. The van der Waals surface area contributed by atoms with Crippen molar-refractivity contribution in [2.75, 3.05) is 11.9 Å². The fraction of sp³-hybridized carbons (Fsp3) is 0.643. The van der Waals surface area contributed by atoms with Crippen LogP contribution >= 0.6 is 0 Å². The van der Waals surface area contributed by atoms with Crippen LogP contribution < -0.4 is 5.32 Å². The third kappa shape index (κ3) is 2.21. The Hall–Kier alpha value is -1.05. The Bertz CT molecular complexity index is 355. The van der Waals surface area contributed by atoms with Crippen molar-refractivity contribution in [1.82, 2.24) is 4.98 Å². The number of aryl methyl sites for hydroxylation is 1. The zero-order chi connectivity index (χ0) is 11.0. The minimum absolute atomic E-state index is 0.938. The van der Waals surface area contributed by atoms with Crippen molar-refractivity contribution >= 4 is 5.69 Å². The lowest BCUT2D eigenvalue weighted by molar-refractivity contribution is 0.428. The van der Waals surface area contributed by atoms with Crippen LogP contribution in [-0.2, 0) is 0 Å². The summed E-state index contributed by atoms with van der Waals surface area (Å²) in [6, 6.07) is 2.09. The molecule has 0 atom stereocenters. The monoisotopic (exact) mass is 216 g/mol. The molecule has 0 unspecified atom stereocenters. The number of pyridine rings is 1. The third-order valence-corrected chi connectivity index (χ3v) is 4.00. The maximum absolute atomic E-state index is 4.13. The van der Waals surface area contributed by atoms with E-state index in [1.54, 1.807) is 0 Å². The van der Waals surface area contributed by atoms with E-state index in [-0.39, 0.29) is 0 Å². The van der Waals surface area contributed by atoms with Gasteiger partial charge in [-0.3, -0.25) is 4.98 Å². The molecular weight excluding hydrogens is 196 g/mol. The summed E-state index contributed by atoms with van der Waals surface area (Å²) < 4.78 is 0. The van der Waals surface area contributed by atoms with Gasteiger partial charge < -0.3 is 5.32 Å². The maximum atomic E-state index is 4.13. The van der Waals surface area contributed by atoms with Crippen LogP contribution in [0.1, 0.15) is 31.2 Å². The van der Waals surface area contributed by atoms with Crippen molar-refractivity contribution in [2.24, 2.45) is 17.8 Å². The SMILES string of the molecule is Cc1cnccc1NCC(C1CC1)C1CC1. The highest BCUT2D eigenvalue weighted by molar-refractivity contribution is 5.48. The molecule has 2 heteroatoms. The topological polar surface area (TPSA) is 24.9 Å². The molecule has 1 N–H and O–H groups in total. The molecule has 0 bridgehead atoms. The predicted molar refractivity (Wildman–Crippen MR) is 66.4 cm³/mol. The summed E-state index contributed by atoms with van der Waals surface area (Å²) >= 11 is 0. The average molecular weight is 216 g/mol. The fourth-order valence-electron chi connectivity index (χ4n) is 2.67. The van der Waals surface area contributed by atoms with Crippen molar-refractivity contribution in [3.8, 4) is 0 Å². The van der Waals surface area contributed by atoms with Crippen LogP contribution in [0, 0.1) is 24.7 Å². The molecule has 0 aromatic carbocycles. The van der Waals surface area contributed by atoms with Gasteiger partial charge in [-0.1, -0.05) is 0 Å². The second-order valence-electron chi connectivity index (χ2n) is 5.41. The van der Waals surface area contributed by atoms with E-state index in [2.05, 4.69) is 23.3 Å². The van der Waals surface area contributed by atoms with Gasteiger partial charge in [0.1, 0.15) is 0 Å². The molecule has 2 aliphatic carbocycles. The largest absolute Gasteiger partial charge is 0.384 e. The van der Waals surface area contributed by atoms with Crippen LogP contribution in [0.2, 0.25) is 0 Å². The first-order valence-electron chi connectivity index (χ1n) is 6.49. The number of hydrogen-bond donors (Lipinski definition) is 1. The highest BCUT2D eigenvalue weighted by Gasteiger charge is 2.40. The fourth-order valence-corrected chi connectivity index (χ4v) is 2.67. The van der Waals surface area contributed by atoms with Crippen LogP contribution in [0.4, 0.5) is 5.69 Å². The molecule has 0 spiro atoms. The average Bonchev–Trinajstić information content (AvgIpc) is 3.15. The van der Waals surface area contributed by atoms with E-state index in [0.717, 1.165) is 17.8 Å². The van der Waals surface area contributed by atoms with Gasteiger partial charge in [0, 0.05) is 24.6 Å². The van der Waals surface area contributed by atoms with Crippen molar-refractivity contribution in [3.05, 3.63) is 24.0 Å². The highest BCUT2D eigenvalue weighted by atomic mass is 14.9. The van der Waals surface area contributed by atoms with Crippen LogP contribution in [0.5, 0.6) is 0 Å². The molecular formula is C14H20N2. The summed E-state index contributed by atoms with van der Waals surface area (Å²) in [5, 5.41) is 3.62. The van der Waals surface area contributed by atoms with E-state index in [1.165, 1.54) is 43.5 Å². The van der Waals surface area contributed by atoms with E-state index >= 15 is 0 Å². The molecule has 3 rings (SSSR count). The number of aromatic nitrogens is 1. The van der Waals surface area contributed by atoms with Gasteiger partial charge in [-0.25, -0.2) is 0 Å². The molecule has 0 saturated heterocycles. The number of rotatable bonds is 5. The molecule has 1 aromatic rings. The zero-order valence-electron chi connectivity index (χ0n) is 9.95. The second kappa shape index (κ2) is 4.08. The van der Waals surface area contributed by atoms with E-state index in [0.29, 0.717) is 0 Å². The normalized spacial score (nSPS) is 20.1. The standard InChI is InChI=1S/C14H20N2/c1-10-8-15-7-6-14(10)16-9-13(11-2-3-11)12-4-5-12/h6-8,11-13H,2-5,9H2,1H3,(H,15,16). The number of nitrogens with zero attached hydrogens (tertiary/aromatic N) is 1. The Morgan fingerprint density at radius 2 is 2.00 bits per heavy atom. The van der Waals surface area contributed by atoms with Gasteiger partial charge in [-0.15, -0.1) is 0 Å². The van der Waals surface area contributed by atoms with Gasteiger partial charge in [-0.05, 0) is 62.0 Å². The molecule has 1 heterocycles. The van der Waals surface area contributed by atoms with E-state index in [4.69, 9.17) is 0 Å². The molecule has 86 valence electrons. The van der Waals surface area contributed by atoms with Crippen molar-refractivity contribution < 1.29 is 0 Å². The molecule has 2 fully saturated rings. The Balaban J connectivity index is 1.60. The third-order valence-electron chi connectivity index (χ3n) is 4.00. The van der Waals surface area contributed by atoms with Crippen LogP contribution in [0.25, 0.3) is 0 Å². The van der Waals surface area contributed by atoms with Crippen LogP contribution in [-0.4, -0.2) is 11.5 Å². The number of hydrogen-bond acceptors (Lipinski definition) is 2. The quantitative estimate of drug-likeness (QED) is 0.817. The lowest BCUT2D eigenvalue weighted by atomic mass is 9.98. The summed E-state index contributed by atoms with van der Waals surface area (Å²) in [5.74, 6) is 3.00. The van der Waals surface area contributed by atoms with Gasteiger partial charge in [0.05, 0.1) is 0 Å². The Kier molecular flexibility index (Phi) is 2.58. The molecule has 0 aliphatic heterocycles. The zero-order valence-corrected chi connectivity index (χ0v) is 9.95. The minimum Gasteiger partial charge on any atom is -0.384 e. The lowest BCUT2D eigenvalue weighted by Gasteiger charge is -2.17. The second-order valence-corrected chi connectivity index (χ2v) is 5.41.